The van der Waals surface area contributed by atoms with Crippen LogP contribution in [-0.4, -0.2) is 31.1 Å². The summed E-state index contributed by atoms with van der Waals surface area (Å²) < 4.78 is 1.36. The van der Waals surface area contributed by atoms with Gasteiger partial charge in [0.15, 0.2) is 10.3 Å². The minimum atomic E-state index is 0.407. The predicted molar refractivity (Wildman–Crippen MR) is 212 cm³/mol. The highest BCUT2D eigenvalue weighted by Crippen LogP contribution is 2.28. The zero-order chi connectivity index (χ0) is 32.1. The van der Waals surface area contributed by atoms with Crippen molar-refractivity contribution < 1.29 is 0 Å². The van der Waals surface area contributed by atoms with Gasteiger partial charge in [-0.05, 0) is 72.1 Å². The fourth-order valence-corrected chi connectivity index (χ4v) is 7.87. The number of hydrogen-bond donors (Lipinski definition) is 4. The van der Waals surface area contributed by atoms with E-state index in [1.165, 1.54) is 87.7 Å². The molecule has 0 atom stereocenters. The molecule has 0 amide bonds. The second-order valence-corrected chi connectivity index (χ2v) is 15.0. The van der Waals surface area contributed by atoms with Gasteiger partial charge in [0.1, 0.15) is 8.64 Å². The molecule has 0 aromatic heterocycles. The molecule has 0 radical (unpaired) electrons. The van der Waals surface area contributed by atoms with Crippen LogP contribution in [0.4, 0.5) is 11.4 Å². The molecule has 0 bridgehead atoms. The number of anilines is 1. The number of thioether (sulfide) groups is 2. The minimum Gasteiger partial charge on any atom is -0.378 e. The third-order valence-electron chi connectivity index (χ3n) is 8.23. The highest BCUT2D eigenvalue weighted by molar-refractivity contribution is 8.33. The number of nitrogens with zero attached hydrogens (tertiary/aromatic N) is 2. The van der Waals surface area contributed by atoms with Crippen LogP contribution in [0.25, 0.3) is 21.5 Å². The molecule has 0 unspecified atom stereocenters. The van der Waals surface area contributed by atoms with Crippen LogP contribution in [0.5, 0.6) is 0 Å². The van der Waals surface area contributed by atoms with Crippen molar-refractivity contribution in [1.29, 1.82) is 0 Å². The minimum absolute atomic E-state index is 0.407. The molecular weight excluding hydrogens is 645 g/mol. The highest BCUT2D eigenvalue weighted by Gasteiger charge is 2.16. The summed E-state index contributed by atoms with van der Waals surface area (Å²) in [7, 11) is 0. The average molecular weight is 687 g/mol. The first-order valence-corrected chi connectivity index (χ1v) is 18.5. The molecule has 10 heteroatoms. The summed E-state index contributed by atoms with van der Waals surface area (Å²) in [5.41, 5.74) is 13.9. The lowest BCUT2D eigenvalue weighted by Gasteiger charge is -2.23. The Morgan fingerprint density at radius 3 is 1.91 bits per heavy atom. The van der Waals surface area contributed by atoms with Crippen LogP contribution < -0.4 is 22.1 Å². The zero-order valence-corrected chi connectivity index (χ0v) is 29.3. The molecular formula is C36H42N6S4. The van der Waals surface area contributed by atoms with Crippen LogP contribution in [0.2, 0.25) is 0 Å². The SMILES string of the molecule is NC(=NC1CCCCC1)SC(=S)NC1CCCCC1.NC(=Nc1cccc2ccccc12)SC(=S)Nc1cccc2ccccc12. The molecule has 0 saturated heterocycles. The van der Waals surface area contributed by atoms with Crippen LogP contribution in [0, 0.1) is 0 Å². The lowest BCUT2D eigenvalue weighted by atomic mass is 9.96. The Labute approximate surface area is 291 Å². The molecule has 6 nitrogen and oxygen atoms in total. The van der Waals surface area contributed by atoms with Crippen molar-refractivity contribution in [3.05, 3.63) is 84.9 Å². The quantitative estimate of drug-likeness (QED) is 0.0957. The maximum absolute atomic E-state index is 6.15. The number of hydrogen-bond acceptors (Lipinski definition) is 6. The number of nitrogens with two attached hydrogens (primary N) is 2. The van der Waals surface area contributed by atoms with E-state index in [4.69, 9.17) is 35.9 Å². The van der Waals surface area contributed by atoms with Gasteiger partial charge >= 0.3 is 0 Å². The summed E-state index contributed by atoms with van der Waals surface area (Å²) in [5.74, 6) is 0. The average Bonchev–Trinajstić information content (AvgIpc) is 3.06. The molecule has 2 saturated carbocycles. The third-order valence-corrected chi connectivity index (χ3v) is 10.2. The lowest BCUT2D eigenvalue weighted by Crippen LogP contribution is -2.34. The molecule has 240 valence electrons. The summed E-state index contributed by atoms with van der Waals surface area (Å²) in [6.07, 6.45) is 12.8. The van der Waals surface area contributed by atoms with Crippen molar-refractivity contribution in [3.8, 4) is 0 Å². The zero-order valence-electron chi connectivity index (χ0n) is 26.0. The van der Waals surface area contributed by atoms with Gasteiger partial charge in [-0.1, -0.05) is 136 Å². The van der Waals surface area contributed by atoms with Crippen LogP contribution in [-0.2, 0) is 0 Å². The van der Waals surface area contributed by atoms with Crippen molar-refractivity contribution in [2.24, 2.45) is 21.5 Å². The molecule has 4 aromatic rings. The van der Waals surface area contributed by atoms with E-state index >= 15 is 0 Å². The molecule has 2 aliphatic carbocycles. The molecule has 2 aliphatic rings. The van der Waals surface area contributed by atoms with Gasteiger partial charge in [-0.15, -0.1) is 0 Å². The van der Waals surface area contributed by atoms with E-state index in [1.807, 2.05) is 54.6 Å². The van der Waals surface area contributed by atoms with Gasteiger partial charge in [0.2, 0.25) is 0 Å². The van der Waals surface area contributed by atoms with Gasteiger partial charge < -0.3 is 22.1 Å². The summed E-state index contributed by atoms with van der Waals surface area (Å²) in [5, 5.41) is 12.2. The van der Waals surface area contributed by atoms with E-state index in [0.29, 0.717) is 26.7 Å². The monoisotopic (exact) mass is 686 g/mol. The maximum Gasteiger partial charge on any atom is 0.166 e. The van der Waals surface area contributed by atoms with Gasteiger partial charge in [0.25, 0.3) is 0 Å². The largest absolute Gasteiger partial charge is 0.378 e. The van der Waals surface area contributed by atoms with Gasteiger partial charge in [-0.2, -0.15) is 0 Å². The molecule has 6 N–H and O–H groups in total. The van der Waals surface area contributed by atoms with Gasteiger partial charge in [0, 0.05) is 22.5 Å². The first kappa shape index (κ1) is 34.2. The van der Waals surface area contributed by atoms with Crippen LogP contribution in [0.15, 0.2) is 94.9 Å². The number of amidine groups is 2. The summed E-state index contributed by atoms with van der Waals surface area (Å²) in [4.78, 5) is 9.16. The van der Waals surface area contributed by atoms with Crippen molar-refractivity contribution in [3.63, 3.8) is 0 Å². The highest BCUT2D eigenvalue weighted by atomic mass is 32.2. The Balaban J connectivity index is 0.000000193. The van der Waals surface area contributed by atoms with Gasteiger partial charge in [-0.3, -0.25) is 4.99 Å². The number of thiocarbonyl (C=S) groups is 2. The van der Waals surface area contributed by atoms with E-state index in [1.54, 1.807) is 0 Å². The predicted octanol–water partition coefficient (Wildman–Crippen LogP) is 9.64. The number of rotatable bonds is 4. The van der Waals surface area contributed by atoms with Gasteiger partial charge in [-0.25, -0.2) is 4.99 Å². The number of aliphatic imine (C=N–C) groups is 2. The van der Waals surface area contributed by atoms with Crippen LogP contribution >= 0.6 is 48.0 Å². The maximum atomic E-state index is 6.15. The van der Waals surface area contributed by atoms with E-state index in [9.17, 15) is 0 Å². The molecule has 4 aromatic carbocycles. The van der Waals surface area contributed by atoms with Gasteiger partial charge in [0.05, 0.1) is 11.7 Å². The van der Waals surface area contributed by atoms with Crippen molar-refractivity contribution in [2.45, 2.75) is 76.3 Å². The Morgan fingerprint density at radius 2 is 1.20 bits per heavy atom. The summed E-state index contributed by atoms with van der Waals surface area (Å²) in [6, 6.07) is 29.4. The van der Waals surface area contributed by atoms with Crippen molar-refractivity contribution >= 4 is 99.9 Å². The first-order chi connectivity index (χ1) is 22.4. The van der Waals surface area contributed by atoms with E-state index in [-0.39, 0.29) is 0 Å². The van der Waals surface area contributed by atoms with Crippen molar-refractivity contribution in [2.75, 3.05) is 5.32 Å². The van der Waals surface area contributed by atoms with E-state index < -0.39 is 0 Å². The lowest BCUT2D eigenvalue weighted by molar-refractivity contribution is 0.416. The second-order valence-electron chi connectivity index (χ2n) is 11.6. The first-order valence-electron chi connectivity index (χ1n) is 16.0. The Morgan fingerprint density at radius 1 is 0.630 bits per heavy atom. The summed E-state index contributed by atoms with van der Waals surface area (Å²) in [6.45, 7) is 0. The third kappa shape index (κ3) is 10.4. The molecule has 0 heterocycles. The molecule has 46 heavy (non-hydrogen) atoms. The van der Waals surface area contributed by atoms with E-state index in [2.05, 4.69) is 51.0 Å². The second kappa shape index (κ2) is 17.7. The van der Waals surface area contributed by atoms with Crippen LogP contribution in [0.3, 0.4) is 0 Å². The Kier molecular flexibility index (Phi) is 13.1. The number of nitrogens with one attached hydrogen (secondary N) is 2. The standard InChI is InChI=1S/C22H17N3S2.C14H25N3S2/c23-21(24-19-13-5-9-15-7-1-3-11-17(15)19)27-22(26)25-20-14-6-10-16-8-2-4-12-18(16)20;15-13(16-11-7-3-1-4-8-11)19-14(18)17-12-9-5-2-6-10-12/h1-14H,(H2,23,24)(H,25,26);11-12H,1-10H2,(H2,15,16)(H,17,18). The Bertz CT molecular complexity index is 1680. The molecule has 6 rings (SSSR count). The molecule has 0 aliphatic heterocycles. The fourth-order valence-electron chi connectivity index (χ4n) is 5.97. The summed E-state index contributed by atoms with van der Waals surface area (Å²) >= 11 is 13.5. The van der Waals surface area contributed by atoms with Crippen molar-refractivity contribution in [1.82, 2.24) is 5.32 Å². The molecule has 2 fully saturated rings. The topological polar surface area (TPSA) is 101 Å². The normalized spacial score (nSPS) is 16.4. The fraction of sp³-hybridized carbons (Fsp3) is 0.333. The Hall–Kier alpha value is -3.18. The molecule has 0 spiro atoms. The number of fused-ring (bicyclic) bond motifs is 2. The van der Waals surface area contributed by atoms with Crippen LogP contribution in [0.1, 0.15) is 64.2 Å². The van der Waals surface area contributed by atoms with E-state index in [0.717, 1.165) is 37.2 Å². The number of benzene rings is 4. The smallest absolute Gasteiger partial charge is 0.166 e.